The summed E-state index contributed by atoms with van der Waals surface area (Å²) in [6.07, 6.45) is 0. The first-order valence-corrected chi connectivity index (χ1v) is 7.71. The maximum atomic E-state index is 6.29. The fraction of sp³-hybridized carbons (Fsp3) is 0.333. The fourth-order valence-electron chi connectivity index (χ4n) is 2.32. The van der Waals surface area contributed by atoms with Crippen LogP contribution in [0.15, 0.2) is 18.2 Å². The molecule has 0 radical (unpaired) electrons. The highest BCUT2D eigenvalue weighted by Gasteiger charge is 2.20. The Balaban J connectivity index is 2.54. The summed E-state index contributed by atoms with van der Waals surface area (Å²) in [5, 5.41) is 3.34. The first-order chi connectivity index (χ1) is 8.93. The number of hydrogen-bond donors (Lipinski definition) is 1. The van der Waals surface area contributed by atoms with Crippen molar-refractivity contribution in [1.82, 2.24) is 5.32 Å². The van der Waals surface area contributed by atoms with Crippen molar-refractivity contribution >= 4 is 34.5 Å². The van der Waals surface area contributed by atoms with E-state index >= 15 is 0 Å². The largest absolute Gasteiger partial charge is 0.309 e. The maximum absolute atomic E-state index is 6.29. The van der Waals surface area contributed by atoms with Gasteiger partial charge in [0, 0.05) is 5.56 Å². The Bertz CT molecular complexity index is 604. The lowest BCUT2D eigenvalue weighted by atomic mass is 9.93. The highest BCUT2D eigenvalue weighted by atomic mass is 35.5. The van der Waals surface area contributed by atoms with E-state index in [0.29, 0.717) is 0 Å². The van der Waals surface area contributed by atoms with E-state index in [-0.39, 0.29) is 6.04 Å². The molecule has 0 spiro atoms. The van der Waals surface area contributed by atoms with Crippen LogP contribution < -0.4 is 5.32 Å². The molecule has 2 aromatic rings. The van der Waals surface area contributed by atoms with Gasteiger partial charge in [-0.25, -0.2) is 0 Å². The van der Waals surface area contributed by atoms with Crippen molar-refractivity contribution in [2.45, 2.75) is 26.8 Å². The van der Waals surface area contributed by atoms with E-state index in [9.17, 15) is 0 Å². The van der Waals surface area contributed by atoms with Crippen LogP contribution in [0.5, 0.6) is 0 Å². The summed E-state index contributed by atoms with van der Waals surface area (Å²) in [7, 11) is 1.95. The molecule has 2 rings (SSSR count). The maximum Gasteiger partial charge on any atom is 0.0995 e. The second-order valence-corrected chi connectivity index (χ2v) is 7.08. The molecule has 1 unspecified atom stereocenters. The summed E-state index contributed by atoms with van der Waals surface area (Å²) >= 11 is 13.8. The second kappa shape index (κ2) is 5.84. The summed E-state index contributed by atoms with van der Waals surface area (Å²) in [6, 6.07) is 6.48. The van der Waals surface area contributed by atoms with Gasteiger partial charge in [0.15, 0.2) is 0 Å². The molecule has 0 saturated carbocycles. The first kappa shape index (κ1) is 14.9. The van der Waals surface area contributed by atoms with Gasteiger partial charge >= 0.3 is 0 Å². The van der Waals surface area contributed by atoms with E-state index in [0.717, 1.165) is 14.2 Å². The molecule has 4 heteroatoms. The Morgan fingerprint density at radius 2 is 1.58 bits per heavy atom. The number of rotatable bonds is 3. The van der Waals surface area contributed by atoms with Crippen LogP contribution in [-0.2, 0) is 0 Å². The van der Waals surface area contributed by atoms with Gasteiger partial charge in [-0.3, -0.25) is 0 Å². The normalized spacial score (nSPS) is 12.7. The molecule has 0 fully saturated rings. The summed E-state index contributed by atoms with van der Waals surface area (Å²) in [4.78, 5) is 0. The molecular weight excluding hydrogens is 297 g/mol. The summed E-state index contributed by atoms with van der Waals surface area (Å²) < 4.78 is 1.48. The number of hydrogen-bond acceptors (Lipinski definition) is 2. The molecule has 0 aliphatic heterocycles. The molecule has 1 heterocycles. The van der Waals surface area contributed by atoms with Gasteiger partial charge in [-0.05, 0) is 56.1 Å². The van der Waals surface area contributed by atoms with Crippen molar-refractivity contribution in [3.05, 3.63) is 54.7 Å². The molecule has 0 aliphatic rings. The standard InChI is InChI=1S/C15H17Cl2NS/c1-8-5-10(3)11(6-9(8)2)14(18-4)12-7-13(16)19-15(12)17/h5-7,14,18H,1-4H3. The van der Waals surface area contributed by atoms with Gasteiger partial charge < -0.3 is 5.32 Å². The lowest BCUT2D eigenvalue weighted by molar-refractivity contribution is 0.689. The molecule has 102 valence electrons. The van der Waals surface area contributed by atoms with Gasteiger partial charge in [-0.15, -0.1) is 11.3 Å². The minimum atomic E-state index is 0.0792. The van der Waals surface area contributed by atoms with Crippen molar-refractivity contribution in [2.75, 3.05) is 7.05 Å². The van der Waals surface area contributed by atoms with Gasteiger partial charge in [-0.1, -0.05) is 35.3 Å². The Hall–Kier alpha value is -0.540. The zero-order chi connectivity index (χ0) is 14.2. The fourth-order valence-corrected chi connectivity index (χ4v) is 3.85. The van der Waals surface area contributed by atoms with E-state index in [1.54, 1.807) is 0 Å². The Morgan fingerprint density at radius 3 is 2.11 bits per heavy atom. The highest BCUT2D eigenvalue weighted by molar-refractivity contribution is 7.20. The van der Waals surface area contributed by atoms with E-state index in [1.807, 2.05) is 13.1 Å². The third-order valence-corrected chi connectivity index (χ3v) is 4.99. The van der Waals surface area contributed by atoms with Crippen molar-refractivity contribution in [2.24, 2.45) is 0 Å². The number of nitrogens with one attached hydrogen (secondary N) is 1. The topological polar surface area (TPSA) is 12.0 Å². The molecule has 1 atom stereocenters. The summed E-state index contributed by atoms with van der Waals surface area (Å²) in [6.45, 7) is 6.40. The van der Waals surface area contributed by atoms with Crippen LogP contribution in [0.3, 0.4) is 0 Å². The molecule has 0 aliphatic carbocycles. The van der Waals surface area contributed by atoms with Gasteiger partial charge in [0.05, 0.1) is 14.7 Å². The predicted molar refractivity (Wildman–Crippen MR) is 85.9 cm³/mol. The number of thiophene rings is 1. The Kier molecular flexibility index (Phi) is 4.57. The summed E-state index contributed by atoms with van der Waals surface area (Å²) in [5.41, 5.74) is 6.16. The van der Waals surface area contributed by atoms with Crippen molar-refractivity contribution < 1.29 is 0 Å². The van der Waals surface area contributed by atoms with Crippen molar-refractivity contribution in [3.63, 3.8) is 0 Å². The smallest absolute Gasteiger partial charge is 0.0995 e. The SMILES string of the molecule is CNC(c1cc(C)c(C)cc1C)c1cc(Cl)sc1Cl. The zero-order valence-electron chi connectivity index (χ0n) is 11.5. The average molecular weight is 314 g/mol. The minimum absolute atomic E-state index is 0.0792. The lowest BCUT2D eigenvalue weighted by Gasteiger charge is -2.20. The van der Waals surface area contributed by atoms with Crippen LogP contribution in [-0.4, -0.2) is 7.05 Å². The zero-order valence-corrected chi connectivity index (χ0v) is 13.8. The first-order valence-electron chi connectivity index (χ1n) is 6.13. The van der Waals surface area contributed by atoms with Crippen LogP contribution in [0.2, 0.25) is 8.67 Å². The molecule has 1 nitrogen and oxygen atoms in total. The molecular formula is C15H17Cl2NS. The van der Waals surface area contributed by atoms with Gasteiger partial charge in [-0.2, -0.15) is 0 Å². The van der Waals surface area contributed by atoms with E-state index in [1.165, 1.54) is 33.6 Å². The van der Waals surface area contributed by atoms with E-state index in [4.69, 9.17) is 23.2 Å². The van der Waals surface area contributed by atoms with Crippen LogP contribution in [0.1, 0.15) is 33.9 Å². The van der Waals surface area contributed by atoms with Gasteiger partial charge in [0.1, 0.15) is 0 Å². The monoisotopic (exact) mass is 313 g/mol. The molecule has 1 aromatic heterocycles. The van der Waals surface area contributed by atoms with E-state index < -0.39 is 0 Å². The van der Waals surface area contributed by atoms with Gasteiger partial charge in [0.25, 0.3) is 0 Å². The Labute approximate surface area is 128 Å². The number of benzene rings is 1. The summed E-state index contributed by atoms with van der Waals surface area (Å²) in [5.74, 6) is 0. The molecule has 1 N–H and O–H groups in total. The van der Waals surface area contributed by atoms with E-state index in [2.05, 4.69) is 38.2 Å². The number of aryl methyl sites for hydroxylation is 3. The average Bonchev–Trinajstić information content (AvgIpc) is 2.66. The lowest BCUT2D eigenvalue weighted by Crippen LogP contribution is -2.18. The molecule has 1 aromatic carbocycles. The quantitative estimate of drug-likeness (QED) is 0.812. The van der Waals surface area contributed by atoms with Crippen LogP contribution in [0, 0.1) is 20.8 Å². The minimum Gasteiger partial charge on any atom is -0.309 e. The second-order valence-electron chi connectivity index (χ2n) is 4.79. The molecule has 0 bridgehead atoms. The van der Waals surface area contributed by atoms with Crippen LogP contribution in [0.25, 0.3) is 0 Å². The van der Waals surface area contributed by atoms with Gasteiger partial charge in [0.2, 0.25) is 0 Å². The third kappa shape index (κ3) is 2.97. The van der Waals surface area contributed by atoms with Crippen molar-refractivity contribution in [3.8, 4) is 0 Å². The van der Waals surface area contributed by atoms with Crippen LogP contribution in [0.4, 0.5) is 0 Å². The molecule has 0 amide bonds. The molecule has 19 heavy (non-hydrogen) atoms. The number of halogens is 2. The Morgan fingerprint density at radius 1 is 0.947 bits per heavy atom. The third-order valence-electron chi connectivity index (χ3n) is 3.48. The highest BCUT2D eigenvalue weighted by Crippen LogP contribution is 2.38. The van der Waals surface area contributed by atoms with Crippen LogP contribution >= 0.6 is 34.5 Å². The predicted octanol–water partition coefficient (Wildman–Crippen LogP) is 5.29. The molecule has 0 saturated heterocycles. The van der Waals surface area contributed by atoms with Crippen molar-refractivity contribution in [1.29, 1.82) is 0 Å².